The predicted molar refractivity (Wildman–Crippen MR) is 111 cm³/mol. The molecule has 0 unspecified atom stereocenters. The van der Waals surface area contributed by atoms with Crippen LogP contribution in [-0.4, -0.2) is 52.9 Å². The lowest BCUT2D eigenvalue weighted by Crippen LogP contribution is -2.41. The van der Waals surface area contributed by atoms with Crippen LogP contribution in [0.3, 0.4) is 0 Å². The molecule has 1 aromatic heterocycles. The van der Waals surface area contributed by atoms with Crippen LogP contribution in [0.5, 0.6) is 0 Å². The zero-order chi connectivity index (χ0) is 20.9. The van der Waals surface area contributed by atoms with Crippen molar-refractivity contribution < 1.29 is 19.1 Å². The topological polar surface area (TPSA) is 73.7 Å². The summed E-state index contributed by atoms with van der Waals surface area (Å²) in [4.78, 5) is 26.5. The third kappa shape index (κ3) is 4.90. The molecule has 2 aromatic rings. The molecule has 0 N–H and O–H groups in total. The molecule has 7 nitrogen and oxygen atoms in total. The molecule has 2 fully saturated rings. The summed E-state index contributed by atoms with van der Waals surface area (Å²) < 4.78 is 12.7. The molecule has 1 aliphatic carbocycles. The zero-order valence-corrected chi connectivity index (χ0v) is 17.5. The van der Waals surface area contributed by atoms with Crippen LogP contribution in [0.1, 0.15) is 66.3 Å². The number of rotatable bonds is 8. The summed E-state index contributed by atoms with van der Waals surface area (Å²) in [5, 5.41) is 4.58. The van der Waals surface area contributed by atoms with Crippen molar-refractivity contribution in [2.75, 3.05) is 26.3 Å². The molecular formula is C23H29N3O4. The summed E-state index contributed by atoms with van der Waals surface area (Å²) in [5.41, 5.74) is 2.59. The number of aromatic nitrogens is 2. The van der Waals surface area contributed by atoms with Crippen LogP contribution in [0.25, 0.3) is 0 Å². The highest BCUT2D eigenvalue weighted by Crippen LogP contribution is 2.42. The Hall–Kier alpha value is -2.67. The molecule has 0 spiro atoms. The van der Waals surface area contributed by atoms with E-state index in [1.54, 1.807) is 6.92 Å². The standard InChI is InChI=1S/C23H29N3O4/c1-2-30-23(28)20-14-21(18-8-9-18)26(24-20)19-10-12-25(13-11-19)22(27)16-29-15-17-6-4-3-5-7-17/h3-7,14,18-19H,2,8-13,15-16H2,1H3. The minimum absolute atomic E-state index is 0.0273. The van der Waals surface area contributed by atoms with E-state index in [2.05, 4.69) is 5.10 Å². The molecule has 4 rings (SSSR count). The lowest BCUT2D eigenvalue weighted by atomic mass is 10.0. The summed E-state index contributed by atoms with van der Waals surface area (Å²) in [6, 6.07) is 12.0. The summed E-state index contributed by atoms with van der Waals surface area (Å²) in [6.07, 6.45) is 3.94. The van der Waals surface area contributed by atoms with Gasteiger partial charge >= 0.3 is 5.97 Å². The van der Waals surface area contributed by atoms with Crippen LogP contribution in [-0.2, 0) is 20.9 Å². The number of carbonyl (C=O) groups excluding carboxylic acids is 2. The Labute approximate surface area is 177 Å². The summed E-state index contributed by atoms with van der Waals surface area (Å²) in [7, 11) is 0. The van der Waals surface area contributed by atoms with E-state index in [0.29, 0.717) is 37.9 Å². The van der Waals surface area contributed by atoms with Gasteiger partial charge in [-0.2, -0.15) is 5.10 Å². The summed E-state index contributed by atoms with van der Waals surface area (Å²) >= 11 is 0. The summed E-state index contributed by atoms with van der Waals surface area (Å²) in [5.74, 6) is 0.160. The van der Waals surface area contributed by atoms with E-state index in [4.69, 9.17) is 9.47 Å². The van der Waals surface area contributed by atoms with Crippen molar-refractivity contribution in [3.8, 4) is 0 Å². The van der Waals surface area contributed by atoms with Crippen molar-refractivity contribution in [3.05, 3.63) is 53.3 Å². The SMILES string of the molecule is CCOC(=O)c1cc(C2CC2)n(C2CCN(C(=O)COCc3ccccc3)CC2)n1. The van der Waals surface area contributed by atoms with E-state index in [9.17, 15) is 9.59 Å². The lowest BCUT2D eigenvalue weighted by molar-refractivity contribution is -0.137. The molecule has 1 saturated carbocycles. The average Bonchev–Trinajstić information content (AvgIpc) is 3.52. The highest BCUT2D eigenvalue weighted by molar-refractivity contribution is 5.87. The van der Waals surface area contributed by atoms with Gasteiger partial charge in [-0.3, -0.25) is 9.48 Å². The Morgan fingerprint density at radius 3 is 2.50 bits per heavy atom. The molecule has 1 amide bonds. The van der Waals surface area contributed by atoms with Crippen LogP contribution >= 0.6 is 0 Å². The number of likely N-dealkylation sites (tertiary alicyclic amines) is 1. The van der Waals surface area contributed by atoms with E-state index in [1.807, 2.05) is 46.0 Å². The van der Waals surface area contributed by atoms with Gasteiger partial charge in [0.05, 0.1) is 19.3 Å². The Morgan fingerprint density at radius 2 is 1.83 bits per heavy atom. The maximum atomic E-state index is 12.5. The molecule has 2 heterocycles. The Morgan fingerprint density at radius 1 is 1.10 bits per heavy atom. The molecule has 7 heteroatoms. The highest BCUT2D eigenvalue weighted by Gasteiger charge is 2.33. The van der Waals surface area contributed by atoms with Crippen molar-refractivity contribution in [1.82, 2.24) is 14.7 Å². The van der Waals surface area contributed by atoms with E-state index in [-0.39, 0.29) is 24.5 Å². The maximum absolute atomic E-state index is 12.5. The van der Waals surface area contributed by atoms with Crippen LogP contribution in [0.2, 0.25) is 0 Å². The fraction of sp³-hybridized carbons (Fsp3) is 0.522. The molecule has 0 radical (unpaired) electrons. The maximum Gasteiger partial charge on any atom is 0.358 e. The Balaban J connectivity index is 1.31. The minimum atomic E-state index is -0.360. The molecule has 0 bridgehead atoms. The second-order valence-corrected chi connectivity index (χ2v) is 7.98. The van der Waals surface area contributed by atoms with Gasteiger partial charge in [0.2, 0.25) is 5.91 Å². The molecular weight excluding hydrogens is 382 g/mol. The third-order valence-electron chi connectivity index (χ3n) is 5.74. The van der Waals surface area contributed by atoms with Crippen LogP contribution in [0, 0.1) is 0 Å². The number of ether oxygens (including phenoxy) is 2. The van der Waals surface area contributed by atoms with Gasteiger partial charge in [0.25, 0.3) is 0 Å². The molecule has 1 saturated heterocycles. The van der Waals surface area contributed by atoms with Gasteiger partial charge in [0.1, 0.15) is 6.61 Å². The minimum Gasteiger partial charge on any atom is -0.461 e. The fourth-order valence-corrected chi connectivity index (χ4v) is 3.97. The van der Waals surface area contributed by atoms with Gasteiger partial charge in [-0.15, -0.1) is 0 Å². The van der Waals surface area contributed by atoms with Crippen LogP contribution in [0.4, 0.5) is 0 Å². The first-order chi connectivity index (χ1) is 14.7. The summed E-state index contributed by atoms with van der Waals surface area (Å²) in [6.45, 7) is 4.04. The largest absolute Gasteiger partial charge is 0.461 e. The fourth-order valence-electron chi connectivity index (χ4n) is 3.97. The van der Waals surface area contributed by atoms with E-state index < -0.39 is 0 Å². The zero-order valence-electron chi connectivity index (χ0n) is 17.5. The normalized spacial score (nSPS) is 17.2. The number of hydrogen-bond donors (Lipinski definition) is 0. The van der Waals surface area contributed by atoms with Crippen LogP contribution < -0.4 is 0 Å². The highest BCUT2D eigenvalue weighted by atomic mass is 16.5. The quantitative estimate of drug-likeness (QED) is 0.623. The van der Waals surface area contributed by atoms with Gasteiger partial charge in [-0.25, -0.2) is 4.79 Å². The van der Waals surface area contributed by atoms with E-state index in [1.165, 1.54) is 0 Å². The van der Waals surface area contributed by atoms with Gasteiger partial charge in [0.15, 0.2) is 5.69 Å². The second kappa shape index (κ2) is 9.43. The monoisotopic (exact) mass is 411 g/mol. The van der Waals surface area contributed by atoms with Crippen molar-refractivity contribution in [2.45, 2.75) is 51.2 Å². The van der Waals surface area contributed by atoms with Gasteiger partial charge < -0.3 is 14.4 Å². The number of nitrogens with zero attached hydrogens (tertiary/aromatic N) is 3. The number of esters is 1. The van der Waals surface area contributed by atoms with E-state index >= 15 is 0 Å². The number of amides is 1. The molecule has 1 aliphatic heterocycles. The van der Waals surface area contributed by atoms with E-state index in [0.717, 1.165) is 36.9 Å². The molecule has 0 atom stereocenters. The third-order valence-corrected chi connectivity index (χ3v) is 5.74. The lowest BCUT2D eigenvalue weighted by Gasteiger charge is -2.32. The Bertz CT molecular complexity index is 868. The first kappa shape index (κ1) is 20.6. The molecule has 160 valence electrons. The number of carbonyl (C=O) groups is 2. The number of piperidine rings is 1. The molecule has 1 aromatic carbocycles. The van der Waals surface area contributed by atoms with Crippen molar-refractivity contribution in [3.63, 3.8) is 0 Å². The number of benzene rings is 1. The van der Waals surface area contributed by atoms with Gasteiger partial charge in [0, 0.05) is 24.7 Å². The first-order valence-corrected chi connectivity index (χ1v) is 10.8. The van der Waals surface area contributed by atoms with Crippen LogP contribution in [0.15, 0.2) is 36.4 Å². The second-order valence-electron chi connectivity index (χ2n) is 7.98. The van der Waals surface area contributed by atoms with Crippen molar-refractivity contribution in [2.24, 2.45) is 0 Å². The molecule has 30 heavy (non-hydrogen) atoms. The Kier molecular flexibility index (Phi) is 6.47. The van der Waals surface area contributed by atoms with Crippen molar-refractivity contribution in [1.29, 1.82) is 0 Å². The predicted octanol–water partition coefficient (Wildman–Crippen LogP) is 3.32. The first-order valence-electron chi connectivity index (χ1n) is 10.8. The smallest absolute Gasteiger partial charge is 0.358 e. The van der Waals surface area contributed by atoms with Gasteiger partial charge in [-0.05, 0) is 44.2 Å². The average molecular weight is 412 g/mol. The van der Waals surface area contributed by atoms with Gasteiger partial charge in [-0.1, -0.05) is 30.3 Å². The molecule has 2 aliphatic rings. The number of hydrogen-bond acceptors (Lipinski definition) is 5. The van der Waals surface area contributed by atoms with Crippen molar-refractivity contribution >= 4 is 11.9 Å².